The van der Waals surface area contributed by atoms with Crippen LogP contribution in [0.5, 0.6) is 0 Å². The van der Waals surface area contributed by atoms with E-state index in [1.807, 2.05) is 0 Å². The SMILES string of the molecule is NCC(CCC(NO)C(=O)O)P(=O)(O)O. The van der Waals surface area contributed by atoms with Crippen molar-refractivity contribution >= 4 is 13.6 Å². The molecule has 7 N–H and O–H groups in total. The number of hydrogen-bond acceptors (Lipinski definition) is 5. The molecule has 0 fully saturated rings. The van der Waals surface area contributed by atoms with Crippen molar-refractivity contribution in [1.82, 2.24) is 5.48 Å². The van der Waals surface area contributed by atoms with Crippen molar-refractivity contribution in [2.24, 2.45) is 5.73 Å². The largest absolute Gasteiger partial charge is 0.480 e. The second-order valence-corrected chi connectivity index (χ2v) is 4.98. The molecule has 2 unspecified atom stereocenters. The van der Waals surface area contributed by atoms with Crippen LogP contribution in [0.2, 0.25) is 0 Å². The van der Waals surface area contributed by atoms with Gasteiger partial charge in [-0.2, -0.15) is 5.48 Å². The van der Waals surface area contributed by atoms with Crippen LogP contribution in [0.1, 0.15) is 12.8 Å². The summed E-state index contributed by atoms with van der Waals surface area (Å²) >= 11 is 0. The molecule has 0 saturated carbocycles. The van der Waals surface area contributed by atoms with E-state index in [9.17, 15) is 9.36 Å². The third kappa shape index (κ3) is 5.22. The molecule has 15 heavy (non-hydrogen) atoms. The van der Waals surface area contributed by atoms with Crippen molar-refractivity contribution in [2.45, 2.75) is 24.5 Å². The van der Waals surface area contributed by atoms with Crippen molar-refractivity contribution in [3.63, 3.8) is 0 Å². The monoisotopic (exact) mass is 242 g/mol. The van der Waals surface area contributed by atoms with Crippen molar-refractivity contribution in [2.75, 3.05) is 6.54 Å². The van der Waals surface area contributed by atoms with Crippen LogP contribution in [0.3, 0.4) is 0 Å². The second kappa shape index (κ2) is 6.16. The van der Waals surface area contributed by atoms with E-state index in [0.29, 0.717) is 0 Å². The molecule has 90 valence electrons. The first-order valence-corrected chi connectivity index (χ1v) is 5.88. The van der Waals surface area contributed by atoms with E-state index < -0.39 is 25.3 Å². The van der Waals surface area contributed by atoms with Crippen LogP contribution < -0.4 is 11.2 Å². The Bertz CT molecular complexity index is 254. The Morgan fingerprint density at radius 1 is 1.40 bits per heavy atom. The normalized spacial score (nSPS) is 16.0. The summed E-state index contributed by atoms with van der Waals surface area (Å²) in [7, 11) is -4.30. The fourth-order valence-corrected chi connectivity index (χ4v) is 1.79. The van der Waals surface area contributed by atoms with Crippen LogP contribution in [0, 0.1) is 0 Å². The summed E-state index contributed by atoms with van der Waals surface area (Å²) < 4.78 is 10.8. The molecule has 0 aliphatic rings. The molecule has 9 heteroatoms. The highest BCUT2D eigenvalue weighted by Gasteiger charge is 2.29. The predicted molar refractivity (Wildman–Crippen MR) is 50.5 cm³/mol. The molecule has 0 aliphatic heterocycles. The molecule has 0 heterocycles. The van der Waals surface area contributed by atoms with Gasteiger partial charge in [0.05, 0.1) is 5.66 Å². The van der Waals surface area contributed by atoms with Crippen molar-refractivity contribution < 1.29 is 29.5 Å². The molecule has 0 amide bonds. The average molecular weight is 242 g/mol. The molecular weight excluding hydrogens is 227 g/mol. The predicted octanol–water partition coefficient (Wildman–Crippen LogP) is -1.30. The molecule has 0 aromatic carbocycles. The fraction of sp³-hybridized carbons (Fsp3) is 0.833. The maximum atomic E-state index is 10.8. The highest BCUT2D eigenvalue weighted by Crippen LogP contribution is 2.42. The number of aliphatic carboxylic acids is 1. The Balaban J connectivity index is 4.22. The van der Waals surface area contributed by atoms with Gasteiger partial charge in [-0.3, -0.25) is 9.36 Å². The van der Waals surface area contributed by atoms with Gasteiger partial charge >= 0.3 is 13.6 Å². The van der Waals surface area contributed by atoms with Crippen molar-refractivity contribution in [3.05, 3.63) is 0 Å². The number of hydroxylamine groups is 1. The first kappa shape index (κ1) is 14.5. The highest BCUT2D eigenvalue weighted by atomic mass is 31.2. The van der Waals surface area contributed by atoms with Gasteiger partial charge in [0, 0.05) is 6.54 Å². The lowest BCUT2D eigenvalue weighted by atomic mass is 10.1. The van der Waals surface area contributed by atoms with Gasteiger partial charge in [0.2, 0.25) is 0 Å². The van der Waals surface area contributed by atoms with Crippen LogP contribution in [0.25, 0.3) is 0 Å². The van der Waals surface area contributed by atoms with E-state index in [1.54, 1.807) is 0 Å². The van der Waals surface area contributed by atoms with Gasteiger partial charge in [-0.15, -0.1) is 0 Å². The summed E-state index contributed by atoms with van der Waals surface area (Å²) in [6.45, 7) is -0.234. The van der Waals surface area contributed by atoms with Gasteiger partial charge in [0.15, 0.2) is 0 Å². The van der Waals surface area contributed by atoms with Gasteiger partial charge < -0.3 is 25.8 Å². The quantitative estimate of drug-likeness (QED) is 0.238. The Kier molecular flexibility index (Phi) is 5.96. The number of carboxylic acid groups (broad SMARTS) is 1. The molecular formula is C6H15N2O6P. The lowest BCUT2D eigenvalue weighted by Crippen LogP contribution is -2.35. The molecule has 0 aromatic heterocycles. The molecule has 0 saturated heterocycles. The van der Waals surface area contributed by atoms with E-state index in [-0.39, 0.29) is 19.4 Å². The van der Waals surface area contributed by atoms with E-state index in [1.165, 1.54) is 5.48 Å². The van der Waals surface area contributed by atoms with E-state index >= 15 is 0 Å². The number of nitrogens with two attached hydrogens (primary N) is 1. The van der Waals surface area contributed by atoms with Crippen molar-refractivity contribution in [1.29, 1.82) is 0 Å². The Morgan fingerprint density at radius 2 is 1.93 bits per heavy atom. The Labute approximate surface area is 86.2 Å². The summed E-state index contributed by atoms with van der Waals surface area (Å²) in [5.74, 6) is -1.29. The zero-order chi connectivity index (χ0) is 12.1. The van der Waals surface area contributed by atoms with E-state index in [4.69, 9.17) is 25.8 Å². The minimum Gasteiger partial charge on any atom is -0.480 e. The molecule has 2 atom stereocenters. The van der Waals surface area contributed by atoms with Crippen LogP contribution in [-0.4, -0.2) is 44.3 Å². The minimum atomic E-state index is -4.30. The van der Waals surface area contributed by atoms with Gasteiger partial charge in [-0.25, -0.2) is 0 Å². The average Bonchev–Trinajstić information content (AvgIpc) is 2.09. The number of nitrogens with one attached hydrogen (secondary N) is 1. The minimum absolute atomic E-state index is 0.0781. The lowest BCUT2D eigenvalue weighted by Gasteiger charge is -2.17. The Morgan fingerprint density at radius 3 is 2.20 bits per heavy atom. The number of carboxylic acids is 1. The van der Waals surface area contributed by atoms with Crippen LogP contribution in [0.15, 0.2) is 0 Å². The first-order valence-electron chi connectivity index (χ1n) is 4.20. The zero-order valence-corrected chi connectivity index (χ0v) is 8.80. The van der Waals surface area contributed by atoms with E-state index in [2.05, 4.69) is 0 Å². The Hall–Kier alpha value is -0.500. The molecule has 8 nitrogen and oxygen atoms in total. The summed E-state index contributed by atoms with van der Waals surface area (Å²) in [5, 5.41) is 16.9. The summed E-state index contributed by atoms with van der Waals surface area (Å²) in [4.78, 5) is 28.0. The first-order chi connectivity index (χ1) is 6.82. The van der Waals surface area contributed by atoms with Gasteiger partial charge in [0.1, 0.15) is 6.04 Å². The lowest BCUT2D eigenvalue weighted by molar-refractivity contribution is -0.142. The van der Waals surface area contributed by atoms with E-state index in [0.717, 1.165) is 0 Å². The third-order valence-corrected chi connectivity index (χ3v) is 3.41. The molecule has 0 bridgehead atoms. The fourth-order valence-electron chi connectivity index (χ4n) is 1.03. The van der Waals surface area contributed by atoms with Gasteiger partial charge in [-0.1, -0.05) is 0 Å². The summed E-state index contributed by atoms with van der Waals surface area (Å²) in [6.07, 6.45) is -0.190. The number of hydrogen-bond donors (Lipinski definition) is 6. The molecule has 0 aliphatic carbocycles. The molecule has 0 radical (unpaired) electrons. The zero-order valence-electron chi connectivity index (χ0n) is 7.91. The van der Waals surface area contributed by atoms with Crippen LogP contribution in [0.4, 0.5) is 0 Å². The molecule has 0 rings (SSSR count). The maximum absolute atomic E-state index is 10.8. The number of rotatable bonds is 7. The van der Waals surface area contributed by atoms with Crippen molar-refractivity contribution in [3.8, 4) is 0 Å². The van der Waals surface area contributed by atoms with Crippen LogP contribution in [-0.2, 0) is 9.36 Å². The summed E-state index contributed by atoms with van der Waals surface area (Å²) in [6, 6.07) is -1.24. The second-order valence-electron chi connectivity index (χ2n) is 3.08. The van der Waals surface area contributed by atoms with Crippen LogP contribution >= 0.6 is 7.60 Å². The van der Waals surface area contributed by atoms with Gasteiger partial charge in [0.25, 0.3) is 0 Å². The number of carbonyl (C=O) groups is 1. The topological polar surface area (TPSA) is 153 Å². The maximum Gasteiger partial charge on any atom is 0.329 e. The smallest absolute Gasteiger partial charge is 0.329 e. The standard InChI is InChI=1S/C6H15N2O6P/c7-3-4(15(12,13)14)1-2-5(8-11)6(9)10/h4-5,8,11H,1-3,7H2,(H,9,10)(H2,12,13,14). The third-order valence-electron chi connectivity index (χ3n) is 1.99. The summed E-state index contributed by atoms with van der Waals surface area (Å²) in [5.41, 5.74) is 5.60. The molecule has 0 spiro atoms. The molecule has 0 aromatic rings. The van der Waals surface area contributed by atoms with Gasteiger partial charge in [-0.05, 0) is 12.8 Å². The highest BCUT2D eigenvalue weighted by molar-refractivity contribution is 7.52.